The lowest BCUT2D eigenvalue weighted by atomic mass is 10.2. The van der Waals surface area contributed by atoms with E-state index in [1.54, 1.807) is 4.90 Å². The lowest BCUT2D eigenvalue weighted by Crippen LogP contribution is -2.50. The number of amides is 1. The molecule has 1 aliphatic heterocycles. The fourth-order valence-electron chi connectivity index (χ4n) is 2.71. The molecule has 23 heavy (non-hydrogen) atoms. The van der Waals surface area contributed by atoms with Crippen molar-refractivity contribution in [1.82, 2.24) is 4.90 Å². The number of rotatable bonds is 8. The van der Waals surface area contributed by atoms with Gasteiger partial charge in [-0.3, -0.25) is 4.90 Å². The average Bonchev–Trinajstić information content (AvgIpc) is 2.71. The normalized spacial score (nSPS) is 20.8. The Bertz CT molecular complexity index is 366. The van der Waals surface area contributed by atoms with E-state index in [-0.39, 0.29) is 12.1 Å². The second kappa shape index (κ2) is 9.16. The molecule has 0 saturated carbocycles. The molecule has 1 atom stereocenters. The van der Waals surface area contributed by atoms with Crippen molar-refractivity contribution in [2.75, 3.05) is 18.1 Å². The molecule has 0 spiro atoms. The zero-order chi connectivity index (χ0) is 17.5. The molecule has 0 aromatic heterocycles. The van der Waals surface area contributed by atoms with Crippen LogP contribution in [0.15, 0.2) is 0 Å². The Hall–Kier alpha value is -0.420. The van der Waals surface area contributed by atoms with Crippen LogP contribution in [0.4, 0.5) is 4.79 Å². The van der Waals surface area contributed by atoms with Crippen molar-refractivity contribution in [1.29, 1.82) is 0 Å². The van der Waals surface area contributed by atoms with Crippen LogP contribution in [0, 0.1) is 0 Å². The maximum Gasteiger partial charge on any atom is 0.412 e. The Labute approximate surface area is 146 Å². The van der Waals surface area contributed by atoms with E-state index >= 15 is 0 Å². The maximum absolute atomic E-state index is 12.5. The molecule has 1 heterocycles. The topological polar surface area (TPSA) is 38.8 Å². The van der Waals surface area contributed by atoms with E-state index < -0.39 is 11.3 Å². The van der Waals surface area contributed by atoms with Crippen molar-refractivity contribution in [2.24, 2.45) is 0 Å². The highest BCUT2D eigenvalue weighted by atomic mass is 32.2. The Kier molecular flexibility index (Phi) is 8.22. The van der Waals surface area contributed by atoms with Crippen molar-refractivity contribution in [2.45, 2.75) is 91.0 Å². The number of carbonyl (C=O) groups excluding carboxylic acids is 1. The van der Waals surface area contributed by atoms with E-state index in [0.717, 1.165) is 11.5 Å². The minimum atomic E-state index is -0.589. The van der Waals surface area contributed by atoms with Crippen molar-refractivity contribution in [3.63, 3.8) is 0 Å². The third-order valence-corrected chi connectivity index (χ3v) is 5.06. The van der Waals surface area contributed by atoms with Crippen LogP contribution in [0.5, 0.6) is 0 Å². The van der Waals surface area contributed by atoms with Gasteiger partial charge in [-0.2, -0.15) is 11.8 Å². The first-order chi connectivity index (χ1) is 10.7. The molecule has 0 unspecified atom stereocenters. The quantitative estimate of drug-likeness (QED) is 0.576. The molecule has 0 aliphatic carbocycles. The smallest absolute Gasteiger partial charge is 0.412 e. The highest BCUT2D eigenvalue weighted by molar-refractivity contribution is 7.99. The van der Waals surface area contributed by atoms with Gasteiger partial charge in [-0.25, -0.2) is 4.79 Å². The summed E-state index contributed by atoms with van der Waals surface area (Å²) in [5.74, 6) is 2.07. The summed E-state index contributed by atoms with van der Waals surface area (Å²) in [5, 5.41) is 0. The van der Waals surface area contributed by atoms with E-state index in [1.165, 1.54) is 32.1 Å². The molecule has 0 aromatic rings. The molecule has 1 aliphatic rings. The van der Waals surface area contributed by atoms with Gasteiger partial charge in [-0.15, -0.1) is 0 Å². The summed E-state index contributed by atoms with van der Waals surface area (Å²) in [4.78, 5) is 14.3. The van der Waals surface area contributed by atoms with Crippen LogP contribution >= 0.6 is 11.8 Å². The second-order valence-electron chi connectivity index (χ2n) is 7.75. The van der Waals surface area contributed by atoms with Crippen molar-refractivity contribution in [3.05, 3.63) is 0 Å². The van der Waals surface area contributed by atoms with Gasteiger partial charge in [0.25, 0.3) is 0 Å². The summed E-state index contributed by atoms with van der Waals surface area (Å²) in [6.07, 6.45) is 6.25. The van der Waals surface area contributed by atoms with Gasteiger partial charge < -0.3 is 9.47 Å². The van der Waals surface area contributed by atoms with Crippen LogP contribution in [0.2, 0.25) is 0 Å². The van der Waals surface area contributed by atoms with Crippen LogP contribution in [0.3, 0.4) is 0 Å². The third kappa shape index (κ3) is 7.34. The van der Waals surface area contributed by atoms with Gasteiger partial charge in [0.05, 0.1) is 12.6 Å². The molecule has 1 fully saturated rings. The number of ether oxygens (including phenoxy) is 2. The molecule has 1 rings (SSSR count). The molecule has 1 saturated heterocycles. The SMILES string of the molecule is CCCCCCCSC[C@H]1COC(C)(C)N1C(=O)OC(C)(C)C. The van der Waals surface area contributed by atoms with Gasteiger partial charge in [0.2, 0.25) is 0 Å². The Morgan fingerprint density at radius 1 is 1.26 bits per heavy atom. The lowest BCUT2D eigenvalue weighted by molar-refractivity contribution is -0.0617. The van der Waals surface area contributed by atoms with Gasteiger partial charge in [0, 0.05) is 5.75 Å². The zero-order valence-corrected chi connectivity index (χ0v) is 16.6. The monoisotopic (exact) mass is 345 g/mol. The number of thioether (sulfide) groups is 1. The number of unbranched alkanes of at least 4 members (excludes halogenated alkanes) is 4. The van der Waals surface area contributed by atoms with Gasteiger partial charge in [-0.1, -0.05) is 32.6 Å². The minimum absolute atomic E-state index is 0.0977. The zero-order valence-electron chi connectivity index (χ0n) is 15.8. The van der Waals surface area contributed by atoms with Gasteiger partial charge in [0.15, 0.2) is 0 Å². The van der Waals surface area contributed by atoms with E-state index in [0.29, 0.717) is 6.61 Å². The molecule has 0 bridgehead atoms. The van der Waals surface area contributed by atoms with Crippen molar-refractivity contribution in [3.8, 4) is 0 Å². The first-order valence-electron chi connectivity index (χ1n) is 8.91. The van der Waals surface area contributed by atoms with Crippen LogP contribution < -0.4 is 0 Å². The Balaban J connectivity index is 2.42. The molecule has 5 heteroatoms. The Morgan fingerprint density at radius 3 is 2.52 bits per heavy atom. The fourth-order valence-corrected chi connectivity index (χ4v) is 3.81. The van der Waals surface area contributed by atoms with E-state index in [1.807, 2.05) is 46.4 Å². The van der Waals surface area contributed by atoms with Gasteiger partial charge in [-0.05, 0) is 46.8 Å². The van der Waals surface area contributed by atoms with Crippen LogP contribution in [0.1, 0.15) is 73.6 Å². The van der Waals surface area contributed by atoms with E-state index in [2.05, 4.69) is 6.92 Å². The van der Waals surface area contributed by atoms with E-state index in [4.69, 9.17) is 9.47 Å². The maximum atomic E-state index is 12.5. The fraction of sp³-hybridized carbons (Fsp3) is 0.944. The summed E-state index contributed by atoms with van der Waals surface area (Å²) >= 11 is 1.92. The van der Waals surface area contributed by atoms with Crippen LogP contribution in [0.25, 0.3) is 0 Å². The molecular weight excluding hydrogens is 310 g/mol. The van der Waals surface area contributed by atoms with E-state index in [9.17, 15) is 4.79 Å². The molecular formula is C18H35NO3S. The molecule has 0 N–H and O–H groups in total. The van der Waals surface area contributed by atoms with Crippen molar-refractivity contribution >= 4 is 17.9 Å². The highest BCUT2D eigenvalue weighted by Gasteiger charge is 2.45. The highest BCUT2D eigenvalue weighted by Crippen LogP contribution is 2.31. The van der Waals surface area contributed by atoms with Crippen LogP contribution in [-0.2, 0) is 9.47 Å². The number of nitrogens with zero attached hydrogens (tertiary/aromatic N) is 1. The van der Waals surface area contributed by atoms with Gasteiger partial charge in [0.1, 0.15) is 11.3 Å². The number of carbonyl (C=O) groups is 1. The van der Waals surface area contributed by atoms with Gasteiger partial charge >= 0.3 is 6.09 Å². The third-order valence-electron chi connectivity index (χ3n) is 3.87. The lowest BCUT2D eigenvalue weighted by Gasteiger charge is -2.35. The first-order valence-corrected chi connectivity index (χ1v) is 10.1. The predicted molar refractivity (Wildman–Crippen MR) is 98.0 cm³/mol. The second-order valence-corrected chi connectivity index (χ2v) is 8.90. The molecule has 1 amide bonds. The summed E-state index contributed by atoms with van der Waals surface area (Å²) < 4.78 is 11.4. The average molecular weight is 346 g/mol. The largest absolute Gasteiger partial charge is 0.444 e. The standard InChI is InChI=1S/C18H35NO3S/c1-7-8-9-10-11-12-23-14-15-13-21-18(5,6)19(15)16(20)22-17(2,3)4/h15H,7-14H2,1-6H3/t15-/m1/s1. The Morgan fingerprint density at radius 2 is 1.91 bits per heavy atom. The molecule has 0 aromatic carbocycles. The van der Waals surface area contributed by atoms with Crippen LogP contribution in [-0.4, -0.2) is 46.5 Å². The van der Waals surface area contributed by atoms with Crippen molar-refractivity contribution < 1.29 is 14.3 Å². The number of hydrogen-bond acceptors (Lipinski definition) is 4. The molecule has 136 valence electrons. The molecule has 4 nitrogen and oxygen atoms in total. The first kappa shape index (κ1) is 20.6. The summed E-state index contributed by atoms with van der Waals surface area (Å²) in [5.41, 5.74) is -1.07. The number of hydrogen-bond donors (Lipinski definition) is 0. The summed E-state index contributed by atoms with van der Waals surface area (Å²) in [6, 6.07) is 0.0977. The summed E-state index contributed by atoms with van der Waals surface area (Å²) in [6.45, 7) is 12.4. The minimum Gasteiger partial charge on any atom is -0.444 e. The predicted octanol–water partition coefficient (Wildman–Crippen LogP) is 5.06. The summed E-state index contributed by atoms with van der Waals surface area (Å²) in [7, 11) is 0. The molecule has 0 radical (unpaired) electrons.